The Kier molecular flexibility index (Phi) is 3.54. The molecule has 0 aliphatic heterocycles. The molecule has 0 radical (unpaired) electrons. The standard InChI is InChI=1S/C20H18N2O2/c1-24-19-18(12-21-13-22-19)20(23)11-10-14-6-2-3-7-15(14)16-8-4-5-9-17(16)20/h2-9,12-13,23H,10-11H2,1H3. The van der Waals surface area contributed by atoms with Crippen molar-refractivity contribution in [2.45, 2.75) is 18.4 Å². The Bertz CT molecular complexity index is 894. The number of rotatable bonds is 2. The Labute approximate surface area is 140 Å². The third-order valence-corrected chi connectivity index (χ3v) is 4.75. The van der Waals surface area contributed by atoms with Crippen LogP contribution in [0.4, 0.5) is 0 Å². The molecule has 1 heterocycles. The minimum absolute atomic E-state index is 0.410. The summed E-state index contributed by atoms with van der Waals surface area (Å²) in [5, 5.41) is 11.7. The first-order valence-electron chi connectivity index (χ1n) is 7.98. The van der Waals surface area contributed by atoms with Gasteiger partial charge in [0.1, 0.15) is 11.9 Å². The molecule has 0 saturated heterocycles. The maximum absolute atomic E-state index is 11.7. The van der Waals surface area contributed by atoms with Gasteiger partial charge in [0, 0.05) is 6.20 Å². The summed E-state index contributed by atoms with van der Waals surface area (Å²) < 4.78 is 5.39. The fourth-order valence-corrected chi connectivity index (χ4v) is 3.57. The van der Waals surface area contributed by atoms with Crippen molar-refractivity contribution in [3.8, 4) is 17.0 Å². The molecule has 0 bridgehead atoms. The average Bonchev–Trinajstić information content (AvgIpc) is 2.78. The highest BCUT2D eigenvalue weighted by molar-refractivity contribution is 5.74. The van der Waals surface area contributed by atoms with Crippen LogP contribution in [0.25, 0.3) is 11.1 Å². The minimum atomic E-state index is -1.19. The van der Waals surface area contributed by atoms with Crippen LogP contribution in [0, 0.1) is 0 Å². The molecule has 4 heteroatoms. The van der Waals surface area contributed by atoms with Gasteiger partial charge in [0.15, 0.2) is 0 Å². The molecule has 0 fully saturated rings. The van der Waals surface area contributed by atoms with Gasteiger partial charge in [-0.25, -0.2) is 9.97 Å². The molecule has 1 unspecified atom stereocenters. The molecular formula is C20H18N2O2. The summed E-state index contributed by atoms with van der Waals surface area (Å²) >= 11 is 0. The van der Waals surface area contributed by atoms with Gasteiger partial charge in [-0.05, 0) is 35.1 Å². The quantitative estimate of drug-likeness (QED) is 0.787. The van der Waals surface area contributed by atoms with E-state index in [0.717, 1.165) is 17.5 Å². The molecule has 4 rings (SSSR count). The SMILES string of the molecule is COc1ncncc1C1(O)CCc2ccccc2-c2ccccc21. The number of methoxy groups -OCH3 is 1. The monoisotopic (exact) mass is 318 g/mol. The van der Waals surface area contributed by atoms with Gasteiger partial charge in [-0.3, -0.25) is 0 Å². The van der Waals surface area contributed by atoms with E-state index in [0.29, 0.717) is 17.9 Å². The molecule has 4 nitrogen and oxygen atoms in total. The van der Waals surface area contributed by atoms with Gasteiger partial charge < -0.3 is 9.84 Å². The summed E-state index contributed by atoms with van der Waals surface area (Å²) in [6, 6.07) is 16.3. The number of aromatic nitrogens is 2. The van der Waals surface area contributed by atoms with E-state index in [-0.39, 0.29) is 0 Å². The van der Waals surface area contributed by atoms with E-state index in [2.05, 4.69) is 28.2 Å². The number of hydrogen-bond acceptors (Lipinski definition) is 4. The predicted octanol–water partition coefficient (Wildman–Crippen LogP) is 3.33. The fraction of sp³-hybridized carbons (Fsp3) is 0.200. The van der Waals surface area contributed by atoms with Crippen molar-refractivity contribution in [3.05, 3.63) is 77.7 Å². The fourth-order valence-electron chi connectivity index (χ4n) is 3.57. The van der Waals surface area contributed by atoms with Gasteiger partial charge in [-0.1, -0.05) is 48.5 Å². The van der Waals surface area contributed by atoms with E-state index >= 15 is 0 Å². The van der Waals surface area contributed by atoms with Crippen molar-refractivity contribution in [2.75, 3.05) is 7.11 Å². The lowest BCUT2D eigenvalue weighted by atomic mass is 9.82. The minimum Gasteiger partial charge on any atom is -0.481 e. The number of nitrogens with zero attached hydrogens (tertiary/aromatic N) is 2. The normalized spacial score (nSPS) is 19.1. The lowest BCUT2D eigenvalue weighted by Gasteiger charge is -2.29. The molecule has 1 aliphatic carbocycles. The highest BCUT2D eigenvalue weighted by Crippen LogP contribution is 2.45. The second kappa shape index (κ2) is 5.73. The van der Waals surface area contributed by atoms with Crippen molar-refractivity contribution in [1.82, 2.24) is 9.97 Å². The highest BCUT2D eigenvalue weighted by Gasteiger charge is 2.39. The Morgan fingerprint density at radius 2 is 1.75 bits per heavy atom. The van der Waals surface area contributed by atoms with Gasteiger partial charge in [0.2, 0.25) is 5.88 Å². The maximum Gasteiger partial charge on any atom is 0.222 e. The zero-order valence-corrected chi connectivity index (χ0v) is 13.4. The maximum atomic E-state index is 11.7. The third-order valence-electron chi connectivity index (χ3n) is 4.75. The number of ether oxygens (including phenoxy) is 1. The van der Waals surface area contributed by atoms with Crippen LogP contribution in [-0.4, -0.2) is 22.2 Å². The first-order chi connectivity index (χ1) is 11.7. The van der Waals surface area contributed by atoms with Gasteiger partial charge in [0.05, 0.1) is 12.7 Å². The molecule has 1 atom stereocenters. The molecule has 3 aromatic rings. The number of hydrogen-bond donors (Lipinski definition) is 1. The van der Waals surface area contributed by atoms with Crippen molar-refractivity contribution in [1.29, 1.82) is 0 Å². The van der Waals surface area contributed by atoms with E-state index in [1.807, 2.05) is 30.3 Å². The van der Waals surface area contributed by atoms with Crippen molar-refractivity contribution < 1.29 is 9.84 Å². The molecular weight excluding hydrogens is 300 g/mol. The van der Waals surface area contributed by atoms with E-state index in [1.54, 1.807) is 13.3 Å². The van der Waals surface area contributed by atoms with Crippen LogP contribution < -0.4 is 4.74 Å². The van der Waals surface area contributed by atoms with Crippen LogP contribution in [0.2, 0.25) is 0 Å². The molecule has 120 valence electrons. The van der Waals surface area contributed by atoms with Gasteiger partial charge >= 0.3 is 0 Å². The number of benzene rings is 2. The molecule has 0 amide bonds. The van der Waals surface area contributed by atoms with Crippen molar-refractivity contribution in [3.63, 3.8) is 0 Å². The van der Waals surface area contributed by atoms with Crippen LogP contribution >= 0.6 is 0 Å². The summed E-state index contributed by atoms with van der Waals surface area (Å²) in [5.41, 5.74) is 3.72. The first kappa shape index (κ1) is 14.8. The molecule has 0 saturated carbocycles. The Hall–Kier alpha value is -2.72. The van der Waals surface area contributed by atoms with Crippen LogP contribution in [0.5, 0.6) is 5.88 Å². The summed E-state index contributed by atoms with van der Waals surface area (Å²) in [4.78, 5) is 8.29. The Balaban J connectivity index is 1.99. The van der Waals surface area contributed by atoms with E-state index in [9.17, 15) is 5.11 Å². The van der Waals surface area contributed by atoms with Crippen LogP contribution in [0.1, 0.15) is 23.1 Å². The highest BCUT2D eigenvalue weighted by atomic mass is 16.5. The largest absolute Gasteiger partial charge is 0.481 e. The zero-order chi connectivity index (χ0) is 16.6. The van der Waals surface area contributed by atoms with E-state index in [1.165, 1.54) is 17.5 Å². The summed E-state index contributed by atoms with van der Waals surface area (Å²) in [6.45, 7) is 0. The Morgan fingerprint density at radius 1 is 1.00 bits per heavy atom. The van der Waals surface area contributed by atoms with E-state index in [4.69, 9.17) is 4.74 Å². The summed E-state index contributed by atoms with van der Waals surface area (Å²) in [6.07, 6.45) is 4.39. The molecule has 24 heavy (non-hydrogen) atoms. The number of aryl methyl sites for hydroxylation is 1. The molecule has 1 aliphatic rings. The topological polar surface area (TPSA) is 55.2 Å². The predicted molar refractivity (Wildman–Crippen MR) is 91.8 cm³/mol. The average molecular weight is 318 g/mol. The second-order valence-corrected chi connectivity index (χ2v) is 6.01. The lowest BCUT2D eigenvalue weighted by Crippen LogP contribution is -2.29. The van der Waals surface area contributed by atoms with Crippen molar-refractivity contribution >= 4 is 0 Å². The third kappa shape index (κ3) is 2.19. The van der Waals surface area contributed by atoms with Crippen LogP contribution in [0.15, 0.2) is 61.1 Å². The molecule has 1 aromatic heterocycles. The number of aliphatic hydroxyl groups is 1. The zero-order valence-electron chi connectivity index (χ0n) is 13.4. The Morgan fingerprint density at radius 3 is 2.58 bits per heavy atom. The number of fused-ring (bicyclic) bond motifs is 3. The van der Waals surface area contributed by atoms with Gasteiger partial charge in [0.25, 0.3) is 0 Å². The lowest BCUT2D eigenvalue weighted by molar-refractivity contribution is 0.0688. The van der Waals surface area contributed by atoms with E-state index < -0.39 is 5.60 Å². The molecule has 0 spiro atoms. The van der Waals surface area contributed by atoms with Crippen LogP contribution in [0.3, 0.4) is 0 Å². The smallest absolute Gasteiger partial charge is 0.222 e. The van der Waals surface area contributed by atoms with Gasteiger partial charge in [-0.2, -0.15) is 0 Å². The van der Waals surface area contributed by atoms with Crippen LogP contribution in [-0.2, 0) is 12.0 Å². The summed E-state index contributed by atoms with van der Waals surface area (Å²) in [7, 11) is 1.56. The second-order valence-electron chi connectivity index (χ2n) is 6.01. The molecule has 1 N–H and O–H groups in total. The molecule has 2 aromatic carbocycles. The van der Waals surface area contributed by atoms with Crippen molar-refractivity contribution in [2.24, 2.45) is 0 Å². The first-order valence-corrected chi connectivity index (χ1v) is 7.98. The van der Waals surface area contributed by atoms with Gasteiger partial charge in [-0.15, -0.1) is 0 Å². The summed E-state index contributed by atoms with van der Waals surface area (Å²) in [5.74, 6) is 0.410.